The zero-order valence-electron chi connectivity index (χ0n) is 22.6. The summed E-state index contributed by atoms with van der Waals surface area (Å²) in [7, 11) is -4.09. The fraction of sp³-hybridized carbons (Fsp3) is 0.226. The number of hydrogen-bond acceptors (Lipinski definition) is 6. The van der Waals surface area contributed by atoms with Gasteiger partial charge in [0.2, 0.25) is 10.0 Å². The Morgan fingerprint density at radius 3 is 2.56 bits per heavy atom. The van der Waals surface area contributed by atoms with E-state index in [2.05, 4.69) is 16.6 Å². The molecule has 41 heavy (non-hydrogen) atoms. The third-order valence-electron chi connectivity index (χ3n) is 6.91. The van der Waals surface area contributed by atoms with E-state index in [0.717, 1.165) is 40.4 Å². The number of H-pyrrole nitrogens is 1. The third kappa shape index (κ3) is 6.37. The van der Waals surface area contributed by atoms with Crippen molar-refractivity contribution in [2.75, 3.05) is 0 Å². The largest absolute Gasteiger partial charge is 0.424 e. The van der Waals surface area contributed by atoms with Crippen LogP contribution in [0.15, 0.2) is 87.0 Å². The summed E-state index contributed by atoms with van der Waals surface area (Å²) in [6.45, 7) is 3.90. The Morgan fingerprint density at radius 1 is 1.05 bits per heavy atom. The van der Waals surface area contributed by atoms with Gasteiger partial charge in [-0.25, -0.2) is 18.0 Å². The molecular formula is C31H29ClN2O6S. The zero-order chi connectivity index (χ0) is 29.1. The van der Waals surface area contributed by atoms with Gasteiger partial charge >= 0.3 is 11.6 Å². The summed E-state index contributed by atoms with van der Waals surface area (Å²) in [4.78, 5) is 29.0. The van der Waals surface area contributed by atoms with Gasteiger partial charge in [0, 0.05) is 41.0 Å². The molecule has 5 aromatic rings. The number of aromatic nitrogens is 1. The number of hydrogen-bond donors (Lipinski definition) is 2. The summed E-state index contributed by atoms with van der Waals surface area (Å²) < 4.78 is 40.2. The van der Waals surface area contributed by atoms with E-state index in [4.69, 9.17) is 20.8 Å². The van der Waals surface area contributed by atoms with Crippen LogP contribution in [0.4, 0.5) is 0 Å². The smallest absolute Gasteiger partial charge is 0.336 e. The minimum absolute atomic E-state index is 0.00931. The monoisotopic (exact) mass is 592 g/mol. The number of carbonyl (C=O) groups is 1. The van der Waals surface area contributed by atoms with Gasteiger partial charge in [-0.3, -0.25) is 0 Å². The van der Waals surface area contributed by atoms with Gasteiger partial charge in [0.25, 0.3) is 0 Å². The van der Waals surface area contributed by atoms with Crippen molar-refractivity contribution < 1.29 is 22.4 Å². The number of aryl methyl sites for hydroxylation is 2. The fourth-order valence-electron chi connectivity index (χ4n) is 4.73. The Kier molecular flexibility index (Phi) is 8.30. The van der Waals surface area contributed by atoms with Crippen molar-refractivity contribution in [2.24, 2.45) is 0 Å². The van der Waals surface area contributed by atoms with E-state index in [1.165, 1.54) is 24.3 Å². The van der Waals surface area contributed by atoms with E-state index in [9.17, 15) is 18.0 Å². The average molecular weight is 593 g/mol. The van der Waals surface area contributed by atoms with E-state index in [-0.39, 0.29) is 27.7 Å². The molecule has 0 aliphatic carbocycles. The van der Waals surface area contributed by atoms with Crippen LogP contribution in [0.3, 0.4) is 0 Å². The molecule has 0 aliphatic rings. The van der Waals surface area contributed by atoms with Crippen LogP contribution in [0.2, 0.25) is 5.02 Å². The van der Waals surface area contributed by atoms with Crippen LogP contribution in [-0.2, 0) is 27.7 Å². The lowest BCUT2D eigenvalue weighted by Crippen LogP contribution is -2.44. The van der Waals surface area contributed by atoms with Gasteiger partial charge < -0.3 is 14.1 Å². The molecule has 0 saturated heterocycles. The van der Waals surface area contributed by atoms with E-state index < -0.39 is 27.7 Å². The first-order chi connectivity index (χ1) is 19.6. The number of halogens is 1. The van der Waals surface area contributed by atoms with Gasteiger partial charge in [-0.15, -0.1) is 0 Å². The molecule has 3 aromatic carbocycles. The van der Waals surface area contributed by atoms with Gasteiger partial charge in [-0.05, 0) is 55.2 Å². The summed E-state index contributed by atoms with van der Waals surface area (Å²) in [5, 5.41) is 1.63. The summed E-state index contributed by atoms with van der Waals surface area (Å²) in [5.41, 5.74) is 2.97. The van der Waals surface area contributed by atoms with Crippen LogP contribution in [-0.4, -0.2) is 25.4 Å². The molecule has 0 amide bonds. The number of rotatable bonds is 10. The van der Waals surface area contributed by atoms with E-state index in [0.29, 0.717) is 11.8 Å². The predicted octanol–water partition coefficient (Wildman–Crippen LogP) is 6.07. The minimum atomic E-state index is -4.09. The molecule has 0 fully saturated rings. The van der Waals surface area contributed by atoms with Gasteiger partial charge in [-0.1, -0.05) is 60.8 Å². The third-order valence-corrected chi connectivity index (χ3v) is 8.69. The number of esters is 1. The normalized spacial score (nSPS) is 12.6. The molecule has 2 heterocycles. The second-order valence-corrected chi connectivity index (χ2v) is 12.1. The molecule has 8 nitrogen and oxygen atoms in total. The van der Waals surface area contributed by atoms with E-state index in [1.54, 1.807) is 24.4 Å². The molecule has 0 saturated carbocycles. The van der Waals surface area contributed by atoms with Gasteiger partial charge in [-0.2, -0.15) is 4.72 Å². The number of benzene rings is 3. The number of sulfonamides is 1. The van der Waals surface area contributed by atoms with Crippen LogP contribution >= 0.6 is 11.6 Å². The molecule has 5 rings (SSSR count). The predicted molar refractivity (Wildman–Crippen MR) is 159 cm³/mol. The molecule has 2 N–H and O–H groups in total. The fourth-order valence-corrected chi connectivity index (χ4v) is 6.11. The highest BCUT2D eigenvalue weighted by atomic mass is 35.5. The van der Waals surface area contributed by atoms with Gasteiger partial charge in [0.1, 0.15) is 11.6 Å². The lowest BCUT2D eigenvalue weighted by molar-refractivity contribution is -0.136. The lowest BCUT2D eigenvalue weighted by Gasteiger charge is -2.18. The maximum absolute atomic E-state index is 13.6. The average Bonchev–Trinajstić information content (AvgIpc) is 3.35. The lowest BCUT2D eigenvalue weighted by atomic mass is 10.0. The van der Waals surface area contributed by atoms with Crippen molar-refractivity contribution in [2.45, 2.75) is 50.5 Å². The summed E-state index contributed by atoms with van der Waals surface area (Å²) >= 11 is 6.52. The Hall–Kier alpha value is -3.92. The topological polar surface area (TPSA) is 118 Å². The molecule has 0 unspecified atom stereocenters. The molecule has 0 bridgehead atoms. The summed E-state index contributed by atoms with van der Waals surface area (Å²) in [5.74, 6) is -0.907. The van der Waals surface area contributed by atoms with Crippen LogP contribution in [0.25, 0.3) is 21.9 Å². The van der Waals surface area contributed by atoms with E-state index >= 15 is 0 Å². The highest BCUT2D eigenvalue weighted by Gasteiger charge is 2.29. The van der Waals surface area contributed by atoms with Crippen molar-refractivity contribution in [1.82, 2.24) is 9.71 Å². The highest BCUT2D eigenvalue weighted by molar-refractivity contribution is 7.89. The zero-order valence-corrected chi connectivity index (χ0v) is 24.1. The van der Waals surface area contributed by atoms with Crippen molar-refractivity contribution in [3.63, 3.8) is 0 Å². The van der Waals surface area contributed by atoms with Crippen molar-refractivity contribution in [3.8, 4) is 5.75 Å². The summed E-state index contributed by atoms with van der Waals surface area (Å²) in [6.07, 6.45) is 4.24. The van der Waals surface area contributed by atoms with Crippen LogP contribution < -0.4 is 15.1 Å². The Bertz CT molecular complexity index is 1890. The van der Waals surface area contributed by atoms with Crippen molar-refractivity contribution in [1.29, 1.82) is 0 Å². The first kappa shape index (κ1) is 28.6. The second kappa shape index (κ2) is 11.9. The van der Waals surface area contributed by atoms with Gasteiger partial charge in [0.15, 0.2) is 5.75 Å². The molecule has 10 heteroatoms. The van der Waals surface area contributed by atoms with E-state index in [1.807, 2.05) is 31.2 Å². The number of ether oxygens (including phenoxy) is 1. The first-order valence-corrected chi connectivity index (χ1v) is 15.1. The Morgan fingerprint density at radius 2 is 1.80 bits per heavy atom. The maximum Gasteiger partial charge on any atom is 0.336 e. The minimum Gasteiger partial charge on any atom is -0.424 e. The summed E-state index contributed by atoms with van der Waals surface area (Å²) in [6, 6.07) is 17.0. The number of nitrogens with one attached hydrogen (secondary N) is 2. The molecule has 0 spiro atoms. The SMILES string of the molecule is CCCCc1cc(=O)oc2cc(OC(=O)[C@H](Cc3c[nH]c4ccccc34)NS(=O)(=O)c3ccc(C)cc3)c(Cl)cc12. The molecule has 0 radical (unpaired) electrons. The quantitative estimate of drug-likeness (QED) is 0.115. The standard InChI is InChI=1S/C31H29ClN2O6S/c1-3-4-7-20-15-30(35)39-28-17-29(25(32)16-24(20)28)40-31(36)27(14-21-18-33-26-9-6-5-8-23(21)26)34-41(37,38)22-12-10-19(2)11-13-22/h5-6,8-13,15-18,27,33-34H,3-4,7,14H2,1-2H3/t27-/m0/s1. The second-order valence-electron chi connectivity index (χ2n) is 9.94. The molecular weight excluding hydrogens is 564 g/mol. The maximum atomic E-state index is 13.6. The van der Waals surface area contributed by atoms with Crippen molar-refractivity contribution >= 4 is 49.5 Å². The number of fused-ring (bicyclic) bond motifs is 2. The Balaban J connectivity index is 1.49. The van der Waals surface area contributed by atoms with Gasteiger partial charge in [0.05, 0.1) is 9.92 Å². The number of unbranched alkanes of at least 4 members (excludes halogenated alkanes) is 1. The highest BCUT2D eigenvalue weighted by Crippen LogP contribution is 2.32. The van der Waals surface area contributed by atoms with Crippen LogP contribution in [0.1, 0.15) is 36.5 Å². The first-order valence-electron chi connectivity index (χ1n) is 13.3. The van der Waals surface area contributed by atoms with Crippen molar-refractivity contribution in [3.05, 3.63) is 105 Å². The van der Waals surface area contributed by atoms with Crippen LogP contribution in [0.5, 0.6) is 5.75 Å². The number of para-hydroxylation sites is 1. The molecule has 2 aromatic heterocycles. The molecule has 0 aliphatic heterocycles. The molecule has 212 valence electrons. The molecule has 1 atom stereocenters. The number of carbonyl (C=O) groups excluding carboxylic acids is 1. The van der Waals surface area contributed by atoms with Crippen LogP contribution in [0, 0.1) is 6.92 Å². The number of aromatic amines is 1. The Labute approximate surface area is 242 Å².